The molecule has 0 bridgehead atoms. The number of hydrogen-bond acceptors (Lipinski definition) is 4. The first-order valence-corrected chi connectivity index (χ1v) is 9.16. The summed E-state index contributed by atoms with van der Waals surface area (Å²) in [5.41, 5.74) is 1.27. The van der Waals surface area contributed by atoms with Crippen molar-refractivity contribution in [3.63, 3.8) is 0 Å². The van der Waals surface area contributed by atoms with Gasteiger partial charge >= 0.3 is 0 Å². The van der Waals surface area contributed by atoms with Gasteiger partial charge in [-0.15, -0.1) is 0 Å². The summed E-state index contributed by atoms with van der Waals surface area (Å²) < 4.78 is 29.3. The van der Waals surface area contributed by atoms with E-state index in [-0.39, 0.29) is 16.6 Å². The summed E-state index contributed by atoms with van der Waals surface area (Å²) in [6.45, 7) is 0.325. The quantitative estimate of drug-likeness (QED) is 0.927. The Morgan fingerprint density at radius 1 is 1.17 bits per heavy atom. The van der Waals surface area contributed by atoms with Crippen molar-refractivity contribution in [3.8, 4) is 5.75 Å². The zero-order valence-electron chi connectivity index (χ0n) is 12.7. The van der Waals surface area contributed by atoms with Gasteiger partial charge in [-0.05, 0) is 23.8 Å². The molecule has 6 heteroatoms. The van der Waals surface area contributed by atoms with Crippen molar-refractivity contribution < 1.29 is 17.9 Å². The Balaban J connectivity index is 1.68. The van der Waals surface area contributed by atoms with Crippen molar-refractivity contribution in [2.75, 3.05) is 12.8 Å². The number of rotatable bonds is 4. The molecule has 0 fully saturated rings. The van der Waals surface area contributed by atoms with Gasteiger partial charge in [0.25, 0.3) is 5.91 Å². The molecule has 1 amide bonds. The van der Waals surface area contributed by atoms with E-state index in [0.29, 0.717) is 6.54 Å². The van der Waals surface area contributed by atoms with Crippen LogP contribution in [0.25, 0.3) is 0 Å². The normalized spacial score (nSPS) is 16.5. The van der Waals surface area contributed by atoms with E-state index in [4.69, 9.17) is 4.74 Å². The highest BCUT2D eigenvalue weighted by molar-refractivity contribution is 7.90. The van der Waals surface area contributed by atoms with Crippen LogP contribution in [0, 0.1) is 0 Å². The number of carbonyl (C=O) groups is 1. The third-order valence-electron chi connectivity index (χ3n) is 3.74. The molecule has 0 saturated heterocycles. The Hall–Kier alpha value is -2.34. The van der Waals surface area contributed by atoms with Crippen LogP contribution in [0.5, 0.6) is 5.75 Å². The van der Waals surface area contributed by atoms with Crippen molar-refractivity contribution in [2.45, 2.75) is 17.4 Å². The summed E-state index contributed by atoms with van der Waals surface area (Å²) in [5.74, 6) is 0.425. The van der Waals surface area contributed by atoms with Gasteiger partial charge in [0.15, 0.2) is 9.84 Å². The zero-order chi connectivity index (χ0) is 16.4. The highest BCUT2D eigenvalue weighted by Crippen LogP contribution is 2.27. The number of hydrogen-bond donors (Lipinski definition) is 1. The number of ether oxygens (including phenoxy) is 1. The lowest BCUT2D eigenvalue weighted by Gasteiger charge is -2.13. The predicted octanol–water partition coefficient (Wildman–Crippen LogP) is 1.82. The van der Waals surface area contributed by atoms with Crippen LogP contribution in [0.15, 0.2) is 53.4 Å². The average Bonchev–Trinajstić information content (AvgIpc) is 2.94. The van der Waals surface area contributed by atoms with E-state index in [0.717, 1.165) is 24.0 Å². The highest BCUT2D eigenvalue weighted by Gasteiger charge is 2.24. The molecular weight excluding hydrogens is 314 g/mol. The number of fused-ring (bicyclic) bond motifs is 1. The largest absolute Gasteiger partial charge is 0.488 e. The SMILES string of the molecule is CS(=O)(=O)c1ccccc1C(=O)NCC1Cc2ccccc2O1. The summed E-state index contributed by atoms with van der Waals surface area (Å²) in [4.78, 5) is 12.3. The molecule has 0 radical (unpaired) electrons. The number of para-hydroxylation sites is 1. The van der Waals surface area contributed by atoms with Crippen LogP contribution in [0.1, 0.15) is 15.9 Å². The smallest absolute Gasteiger partial charge is 0.252 e. The Labute approximate surface area is 135 Å². The van der Waals surface area contributed by atoms with E-state index in [1.165, 1.54) is 12.1 Å². The molecule has 0 aliphatic carbocycles. The van der Waals surface area contributed by atoms with Gasteiger partial charge in [-0.3, -0.25) is 4.79 Å². The lowest BCUT2D eigenvalue weighted by Crippen LogP contribution is -2.35. The van der Waals surface area contributed by atoms with Crippen molar-refractivity contribution in [2.24, 2.45) is 0 Å². The van der Waals surface area contributed by atoms with E-state index in [2.05, 4.69) is 5.32 Å². The maximum absolute atomic E-state index is 12.3. The molecule has 120 valence electrons. The second kappa shape index (κ2) is 6.04. The lowest BCUT2D eigenvalue weighted by atomic mass is 10.1. The van der Waals surface area contributed by atoms with Crippen LogP contribution in [0.3, 0.4) is 0 Å². The third kappa shape index (κ3) is 3.37. The molecular formula is C17H17NO4S. The molecule has 2 aromatic rings. The molecule has 0 spiro atoms. The van der Waals surface area contributed by atoms with Crippen molar-refractivity contribution in [3.05, 3.63) is 59.7 Å². The molecule has 5 nitrogen and oxygen atoms in total. The van der Waals surface area contributed by atoms with Crippen LogP contribution in [0.2, 0.25) is 0 Å². The molecule has 0 aromatic heterocycles. The van der Waals surface area contributed by atoms with Gasteiger partial charge < -0.3 is 10.1 Å². The maximum atomic E-state index is 12.3. The van der Waals surface area contributed by atoms with Crippen molar-refractivity contribution >= 4 is 15.7 Å². The summed E-state index contributed by atoms with van der Waals surface area (Å²) >= 11 is 0. The van der Waals surface area contributed by atoms with Gasteiger partial charge in [0.1, 0.15) is 11.9 Å². The number of nitrogens with one attached hydrogen (secondary N) is 1. The van der Waals surface area contributed by atoms with Crippen LogP contribution >= 0.6 is 0 Å². The van der Waals surface area contributed by atoms with Gasteiger partial charge in [-0.1, -0.05) is 30.3 Å². The topological polar surface area (TPSA) is 72.5 Å². The van der Waals surface area contributed by atoms with E-state index in [1.807, 2.05) is 24.3 Å². The highest BCUT2D eigenvalue weighted by atomic mass is 32.2. The first kappa shape index (κ1) is 15.6. The third-order valence-corrected chi connectivity index (χ3v) is 4.89. The van der Waals surface area contributed by atoms with Gasteiger partial charge in [0.05, 0.1) is 17.0 Å². The fourth-order valence-corrected chi connectivity index (χ4v) is 3.53. The standard InChI is InChI=1S/C17H17NO4S/c1-23(20,21)16-9-5-3-7-14(16)17(19)18-11-13-10-12-6-2-4-8-15(12)22-13/h2-9,13H,10-11H2,1H3,(H,18,19). The van der Waals surface area contributed by atoms with E-state index >= 15 is 0 Å². The second-order valence-electron chi connectivity index (χ2n) is 5.53. The summed E-state index contributed by atoms with van der Waals surface area (Å²) in [6.07, 6.45) is 1.68. The molecule has 1 heterocycles. The molecule has 2 aromatic carbocycles. The summed E-state index contributed by atoms with van der Waals surface area (Å²) in [6, 6.07) is 13.9. The van der Waals surface area contributed by atoms with E-state index in [9.17, 15) is 13.2 Å². The van der Waals surface area contributed by atoms with E-state index in [1.54, 1.807) is 12.1 Å². The average molecular weight is 331 g/mol. The molecule has 1 atom stereocenters. The van der Waals surface area contributed by atoms with Crippen LogP contribution in [0.4, 0.5) is 0 Å². The minimum atomic E-state index is -3.45. The molecule has 1 N–H and O–H groups in total. The van der Waals surface area contributed by atoms with Gasteiger partial charge in [0, 0.05) is 12.7 Å². The first-order valence-electron chi connectivity index (χ1n) is 7.27. The van der Waals surface area contributed by atoms with Gasteiger partial charge in [-0.25, -0.2) is 8.42 Å². The molecule has 1 unspecified atom stereocenters. The minimum absolute atomic E-state index is 0.0353. The monoisotopic (exact) mass is 331 g/mol. The Kier molecular flexibility index (Phi) is 4.09. The number of sulfone groups is 1. The summed E-state index contributed by atoms with van der Waals surface area (Å²) in [5, 5.41) is 2.76. The van der Waals surface area contributed by atoms with Gasteiger partial charge in [-0.2, -0.15) is 0 Å². The maximum Gasteiger partial charge on any atom is 0.252 e. The predicted molar refractivity (Wildman–Crippen MR) is 86.4 cm³/mol. The molecule has 1 aliphatic heterocycles. The fraction of sp³-hybridized carbons (Fsp3) is 0.235. The number of benzene rings is 2. The first-order chi connectivity index (χ1) is 10.9. The molecule has 1 aliphatic rings. The number of carbonyl (C=O) groups excluding carboxylic acids is 1. The van der Waals surface area contributed by atoms with Crippen LogP contribution < -0.4 is 10.1 Å². The van der Waals surface area contributed by atoms with Crippen molar-refractivity contribution in [1.82, 2.24) is 5.32 Å². The Bertz CT molecular complexity index is 820. The Morgan fingerprint density at radius 3 is 2.61 bits per heavy atom. The lowest BCUT2D eigenvalue weighted by molar-refractivity contribution is 0.0930. The zero-order valence-corrected chi connectivity index (χ0v) is 13.5. The molecule has 3 rings (SSSR count). The van der Waals surface area contributed by atoms with E-state index < -0.39 is 15.7 Å². The van der Waals surface area contributed by atoms with Gasteiger partial charge in [0.2, 0.25) is 0 Å². The summed E-state index contributed by atoms with van der Waals surface area (Å²) in [7, 11) is -3.45. The molecule has 0 saturated carbocycles. The van der Waals surface area contributed by atoms with Crippen molar-refractivity contribution in [1.29, 1.82) is 0 Å². The minimum Gasteiger partial charge on any atom is -0.488 e. The van der Waals surface area contributed by atoms with Crippen LogP contribution in [-0.2, 0) is 16.3 Å². The van der Waals surface area contributed by atoms with Crippen LogP contribution in [-0.4, -0.2) is 33.2 Å². The Morgan fingerprint density at radius 2 is 1.87 bits per heavy atom. The fourth-order valence-electron chi connectivity index (χ4n) is 2.65. The second-order valence-corrected chi connectivity index (χ2v) is 7.51. The molecule has 23 heavy (non-hydrogen) atoms. The number of amides is 1.